The topological polar surface area (TPSA) is 0 Å². The summed E-state index contributed by atoms with van der Waals surface area (Å²) in [5, 5.41) is 0. The van der Waals surface area contributed by atoms with Crippen molar-refractivity contribution in [2.75, 3.05) is 0 Å². The standard InChI is InChI=1S/C6H13B/c1-3-5-6(7)4-2/h6H,3-5H2,1-2H3/q-1/t6-/m1/s1. The van der Waals surface area contributed by atoms with Crippen molar-refractivity contribution >= 4 is 7.85 Å². The monoisotopic (exact) mass is 96.1 g/mol. The molecule has 7 heavy (non-hydrogen) atoms. The second-order valence-corrected chi connectivity index (χ2v) is 1.96. The van der Waals surface area contributed by atoms with Crippen molar-refractivity contribution < 1.29 is 0 Å². The first-order valence-corrected chi connectivity index (χ1v) is 3.06. The number of rotatable bonds is 3. The minimum absolute atomic E-state index is 0.449. The summed E-state index contributed by atoms with van der Waals surface area (Å²) in [5.74, 6) is 0.449. The Morgan fingerprint density at radius 2 is 2.00 bits per heavy atom. The van der Waals surface area contributed by atoms with Crippen LogP contribution in [-0.4, -0.2) is 7.85 Å². The van der Waals surface area contributed by atoms with Crippen molar-refractivity contribution in [3.8, 4) is 0 Å². The Morgan fingerprint density at radius 3 is 2.14 bits per heavy atom. The molecule has 0 aromatic carbocycles. The first kappa shape index (κ1) is 7.06. The first-order chi connectivity index (χ1) is 3.31. The molecule has 0 saturated carbocycles. The van der Waals surface area contributed by atoms with Crippen molar-refractivity contribution in [1.82, 2.24) is 0 Å². The lowest BCUT2D eigenvalue weighted by Crippen LogP contribution is -1.86. The molecule has 0 unspecified atom stereocenters. The maximum atomic E-state index is 5.58. The van der Waals surface area contributed by atoms with Gasteiger partial charge in [-0.25, -0.2) is 0 Å². The van der Waals surface area contributed by atoms with Crippen LogP contribution in [0.4, 0.5) is 0 Å². The van der Waals surface area contributed by atoms with Crippen LogP contribution in [0.3, 0.4) is 0 Å². The van der Waals surface area contributed by atoms with E-state index < -0.39 is 0 Å². The molecule has 0 aliphatic rings. The maximum Gasteiger partial charge on any atom is -0.0592 e. The quantitative estimate of drug-likeness (QED) is 0.472. The van der Waals surface area contributed by atoms with Gasteiger partial charge in [-0.2, -0.15) is 0 Å². The van der Waals surface area contributed by atoms with E-state index in [1.807, 2.05) is 0 Å². The van der Waals surface area contributed by atoms with Gasteiger partial charge in [0.1, 0.15) is 0 Å². The van der Waals surface area contributed by atoms with Crippen molar-refractivity contribution in [2.24, 2.45) is 0 Å². The van der Waals surface area contributed by atoms with Gasteiger partial charge in [0, 0.05) is 0 Å². The van der Waals surface area contributed by atoms with Gasteiger partial charge in [0.2, 0.25) is 0 Å². The molecule has 0 aromatic heterocycles. The van der Waals surface area contributed by atoms with Crippen LogP contribution in [0.2, 0.25) is 5.82 Å². The van der Waals surface area contributed by atoms with Crippen LogP contribution in [0.15, 0.2) is 0 Å². The summed E-state index contributed by atoms with van der Waals surface area (Å²) in [5.41, 5.74) is 0. The molecule has 0 rings (SSSR count). The van der Waals surface area contributed by atoms with E-state index in [1.165, 1.54) is 12.8 Å². The van der Waals surface area contributed by atoms with E-state index in [0.717, 1.165) is 6.42 Å². The summed E-state index contributed by atoms with van der Waals surface area (Å²) < 4.78 is 0. The van der Waals surface area contributed by atoms with Crippen LogP contribution in [0.5, 0.6) is 0 Å². The average Bonchev–Trinajstić information content (AvgIpc) is 1.68. The molecule has 1 heteroatoms. The normalized spacial score (nSPS) is 14.1. The predicted octanol–water partition coefficient (Wildman–Crippen LogP) is 2.15. The Hall–Kier alpha value is 0.0649. The van der Waals surface area contributed by atoms with Crippen LogP contribution in [-0.2, 0) is 0 Å². The summed E-state index contributed by atoms with van der Waals surface area (Å²) in [6.45, 7) is 4.29. The minimum atomic E-state index is 0.449. The second-order valence-electron chi connectivity index (χ2n) is 1.96. The van der Waals surface area contributed by atoms with Crippen molar-refractivity contribution in [2.45, 2.75) is 38.9 Å². The molecule has 1 atom stereocenters. The lowest BCUT2D eigenvalue weighted by atomic mass is 9.82. The zero-order valence-electron chi connectivity index (χ0n) is 5.28. The molecule has 0 fully saturated rings. The maximum absolute atomic E-state index is 5.58. The highest BCUT2D eigenvalue weighted by Gasteiger charge is 1.79. The molecule has 0 aliphatic heterocycles. The molecule has 0 spiro atoms. The third kappa shape index (κ3) is 3.91. The van der Waals surface area contributed by atoms with E-state index in [2.05, 4.69) is 13.8 Å². The van der Waals surface area contributed by atoms with Crippen LogP contribution < -0.4 is 0 Å². The van der Waals surface area contributed by atoms with Gasteiger partial charge in [0.15, 0.2) is 0 Å². The van der Waals surface area contributed by atoms with Gasteiger partial charge >= 0.3 is 0 Å². The second kappa shape index (κ2) is 4.23. The van der Waals surface area contributed by atoms with Gasteiger partial charge < -0.3 is 7.85 Å². The van der Waals surface area contributed by atoms with E-state index in [9.17, 15) is 0 Å². The van der Waals surface area contributed by atoms with Crippen LogP contribution >= 0.6 is 0 Å². The van der Waals surface area contributed by atoms with E-state index in [1.54, 1.807) is 0 Å². The van der Waals surface area contributed by atoms with Gasteiger partial charge in [-0.05, 0) is 0 Å². The summed E-state index contributed by atoms with van der Waals surface area (Å²) in [6, 6.07) is 0. The van der Waals surface area contributed by atoms with E-state index >= 15 is 0 Å². The summed E-state index contributed by atoms with van der Waals surface area (Å²) in [6.07, 6.45) is 3.51. The lowest BCUT2D eigenvalue weighted by Gasteiger charge is -2.19. The third-order valence-corrected chi connectivity index (χ3v) is 1.18. The Morgan fingerprint density at radius 1 is 1.43 bits per heavy atom. The molecule has 0 bridgehead atoms. The van der Waals surface area contributed by atoms with Gasteiger partial charge in [-0.3, -0.25) is 5.82 Å². The SMILES string of the molecule is [B-][C@H](CC)CCC. The largest absolute Gasteiger partial charge is 0.622 e. The molecule has 0 aliphatic carbocycles. The predicted molar refractivity (Wildman–Crippen MR) is 34.7 cm³/mol. The number of hydrogen-bond acceptors (Lipinski definition) is 0. The molecule has 0 aromatic rings. The Balaban J connectivity index is 2.83. The summed E-state index contributed by atoms with van der Waals surface area (Å²) >= 11 is 0. The van der Waals surface area contributed by atoms with E-state index in [4.69, 9.17) is 7.85 Å². The Labute approximate surface area is 47.7 Å². The first-order valence-electron chi connectivity index (χ1n) is 3.06. The molecule has 0 saturated heterocycles. The van der Waals surface area contributed by atoms with Crippen molar-refractivity contribution in [3.05, 3.63) is 0 Å². The van der Waals surface area contributed by atoms with Crippen LogP contribution in [0.1, 0.15) is 33.1 Å². The summed E-state index contributed by atoms with van der Waals surface area (Å²) in [7, 11) is 5.58. The smallest absolute Gasteiger partial charge is 0.0592 e. The fraction of sp³-hybridized carbons (Fsp3) is 1.00. The highest BCUT2D eigenvalue weighted by atomic mass is 13.9. The van der Waals surface area contributed by atoms with Gasteiger partial charge in [-0.1, -0.05) is 33.1 Å². The summed E-state index contributed by atoms with van der Waals surface area (Å²) in [4.78, 5) is 0. The van der Waals surface area contributed by atoms with Crippen molar-refractivity contribution in [1.29, 1.82) is 0 Å². The minimum Gasteiger partial charge on any atom is -0.622 e. The van der Waals surface area contributed by atoms with Crippen LogP contribution in [0, 0.1) is 0 Å². The number of hydrogen-bond donors (Lipinski definition) is 0. The molecule has 0 heterocycles. The van der Waals surface area contributed by atoms with E-state index in [-0.39, 0.29) is 0 Å². The van der Waals surface area contributed by atoms with Crippen LogP contribution in [0.25, 0.3) is 0 Å². The molecule has 3 radical (unpaired) electrons. The average molecular weight is 96.0 g/mol. The van der Waals surface area contributed by atoms with Crippen molar-refractivity contribution in [3.63, 3.8) is 0 Å². The van der Waals surface area contributed by atoms with Gasteiger partial charge in [0.05, 0.1) is 0 Å². The molecular formula is C6H13B-. The highest BCUT2D eigenvalue weighted by molar-refractivity contribution is 6.11. The van der Waals surface area contributed by atoms with E-state index in [0.29, 0.717) is 5.82 Å². The molecule has 0 N–H and O–H groups in total. The fourth-order valence-electron chi connectivity index (χ4n) is 0.575. The zero-order chi connectivity index (χ0) is 5.70. The highest BCUT2D eigenvalue weighted by Crippen LogP contribution is 2.10. The molecule has 0 amide bonds. The lowest BCUT2D eigenvalue weighted by molar-refractivity contribution is 0.700. The molecular weight excluding hydrogens is 82.9 g/mol. The Kier molecular flexibility index (Phi) is 4.27. The van der Waals surface area contributed by atoms with Gasteiger partial charge in [0.25, 0.3) is 0 Å². The molecule has 41 valence electrons. The Bertz CT molecular complexity index is 35.2. The zero-order valence-corrected chi connectivity index (χ0v) is 5.28. The third-order valence-electron chi connectivity index (χ3n) is 1.18. The van der Waals surface area contributed by atoms with Gasteiger partial charge in [-0.15, -0.1) is 0 Å². The molecule has 0 nitrogen and oxygen atoms in total. The fourth-order valence-corrected chi connectivity index (χ4v) is 0.575.